The molecule has 0 spiro atoms. The van der Waals surface area contributed by atoms with Crippen molar-refractivity contribution in [1.82, 2.24) is 25.5 Å². The van der Waals surface area contributed by atoms with Crippen LogP contribution in [0.5, 0.6) is 0 Å². The number of urea groups is 1. The fraction of sp³-hybridized carbons (Fsp3) is 0.429. The van der Waals surface area contributed by atoms with Crippen LogP contribution in [0.2, 0.25) is 0 Å². The van der Waals surface area contributed by atoms with Crippen molar-refractivity contribution < 1.29 is 68.3 Å². The van der Waals surface area contributed by atoms with Crippen LogP contribution >= 0.6 is 0 Å². The summed E-state index contributed by atoms with van der Waals surface area (Å²) in [5.74, 6) is -4.73. The zero-order valence-corrected chi connectivity index (χ0v) is 21.6. The third-order valence-corrected chi connectivity index (χ3v) is 5.55. The monoisotopic (exact) mass is 497 g/mol. The zero-order valence-electron chi connectivity index (χ0n) is 19.6. The second-order valence-corrected chi connectivity index (χ2v) is 7.67. The normalized spacial score (nSPS) is 20.5. The molecule has 2 aliphatic rings. The summed E-state index contributed by atoms with van der Waals surface area (Å²) in [6.45, 7) is 2.89. The molecule has 2 fully saturated rings. The third-order valence-electron chi connectivity index (χ3n) is 5.55. The number of β-lactam (4-membered cyclic amide) rings is 1. The van der Waals surface area contributed by atoms with E-state index in [2.05, 4.69) is 10.6 Å². The molecule has 1 aromatic rings. The van der Waals surface area contributed by atoms with Gasteiger partial charge in [0.15, 0.2) is 0 Å². The van der Waals surface area contributed by atoms with E-state index < -0.39 is 60.4 Å². The zero-order chi connectivity index (χ0) is 25.0. The summed E-state index contributed by atoms with van der Waals surface area (Å²) in [6.07, 6.45) is 0. The number of benzene rings is 1. The molecule has 3 rings (SSSR count). The van der Waals surface area contributed by atoms with Gasteiger partial charge in [0.25, 0.3) is 5.91 Å². The van der Waals surface area contributed by atoms with E-state index in [1.807, 2.05) is 0 Å². The van der Waals surface area contributed by atoms with Crippen LogP contribution in [-0.4, -0.2) is 88.8 Å². The van der Waals surface area contributed by atoms with Gasteiger partial charge in [-0.1, -0.05) is 30.3 Å². The molecule has 0 bridgehead atoms. The first-order valence-corrected chi connectivity index (χ1v) is 10.6. The van der Waals surface area contributed by atoms with Crippen molar-refractivity contribution in [3.05, 3.63) is 35.9 Å². The summed E-state index contributed by atoms with van der Waals surface area (Å²) < 4.78 is 0. The minimum Gasteiger partial charge on any atom is -0.548 e. The molecule has 2 heterocycles. The van der Waals surface area contributed by atoms with E-state index in [4.69, 9.17) is 4.84 Å². The van der Waals surface area contributed by atoms with Crippen LogP contribution in [0.25, 0.3) is 0 Å². The predicted molar refractivity (Wildman–Crippen MR) is 111 cm³/mol. The fourth-order valence-corrected chi connectivity index (χ4v) is 3.64. The summed E-state index contributed by atoms with van der Waals surface area (Å²) >= 11 is 0. The second-order valence-electron chi connectivity index (χ2n) is 7.67. The molecule has 3 atom stereocenters. The van der Waals surface area contributed by atoms with E-state index in [1.54, 1.807) is 37.3 Å². The van der Waals surface area contributed by atoms with Gasteiger partial charge in [-0.25, -0.2) is 9.86 Å². The number of carbonyl (C=O) groups is 6. The van der Waals surface area contributed by atoms with Crippen molar-refractivity contribution in [1.29, 1.82) is 0 Å². The standard InChI is InChI=1S/C21H25N5O8.Na/c1-3-24-9-10-25(20(32)19(24)31)21(33)23-16(13-7-5-4-6-8-13)17(29)22-15-12(2)26(18(15)30)34-11-14(27)28;/h4-8,12,15-16H,3,9-11H2,1-2H3,(H,22,29)(H,23,33)(H,27,28);/q;+1/p-1/t12-,15-,16?;/m0./s1. The first kappa shape index (κ1) is 28.2. The number of amides is 6. The first-order chi connectivity index (χ1) is 16.1. The van der Waals surface area contributed by atoms with Crippen molar-refractivity contribution >= 4 is 35.6 Å². The molecule has 6 amide bonds. The van der Waals surface area contributed by atoms with Crippen LogP contribution in [0.1, 0.15) is 25.5 Å². The SMILES string of the molecule is CCN1CCN(C(=O)NC(C(=O)N[C@@H]2C(=O)N(OCC(=O)[O-])[C@H]2C)c2ccccc2)C(=O)C1=O.[Na+]. The predicted octanol–water partition coefficient (Wildman–Crippen LogP) is -5.47. The molecule has 2 aliphatic heterocycles. The van der Waals surface area contributed by atoms with Gasteiger partial charge in [-0.3, -0.25) is 28.9 Å². The number of rotatable bonds is 8. The number of hydrogen-bond acceptors (Lipinski definition) is 8. The molecule has 182 valence electrons. The maximum atomic E-state index is 13.1. The van der Waals surface area contributed by atoms with Gasteiger partial charge in [-0.15, -0.1) is 0 Å². The Hall–Kier alpha value is -3.00. The molecule has 14 heteroatoms. The van der Waals surface area contributed by atoms with E-state index in [0.717, 1.165) is 9.96 Å². The summed E-state index contributed by atoms with van der Waals surface area (Å²) in [7, 11) is 0. The van der Waals surface area contributed by atoms with E-state index in [-0.39, 0.29) is 42.6 Å². The Kier molecular flexibility index (Phi) is 9.77. The third kappa shape index (κ3) is 6.17. The molecule has 0 aliphatic carbocycles. The van der Waals surface area contributed by atoms with Crippen molar-refractivity contribution in [2.75, 3.05) is 26.2 Å². The maximum absolute atomic E-state index is 13.1. The number of hydrogen-bond donors (Lipinski definition) is 2. The molecule has 35 heavy (non-hydrogen) atoms. The first-order valence-electron chi connectivity index (χ1n) is 10.6. The molecule has 13 nitrogen and oxygen atoms in total. The summed E-state index contributed by atoms with van der Waals surface area (Å²) in [4.78, 5) is 80.1. The van der Waals surface area contributed by atoms with Gasteiger partial charge < -0.3 is 25.4 Å². The van der Waals surface area contributed by atoms with Crippen molar-refractivity contribution in [3.8, 4) is 0 Å². The number of nitrogens with zero attached hydrogens (tertiary/aromatic N) is 3. The molecule has 2 saturated heterocycles. The molecular formula is C21H24N5NaO8. The van der Waals surface area contributed by atoms with Gasteiger partial charge in [0.1, 0.15) is 18.7 Å². The molecule has 2 N–H and O–H groups in total. The number of carbonyl (C=O) groups excluding carboxylic acids is 6. The Morgan fingerprint density at radius 2 is 1.77 bits per heavy atom. The smallest absolute Gasteiger partial charge is 0.548 e. The number of imide groups is 1. The number of carboxylic acid groups (broad SMARTS) is 1. The molecule has 0 radical (unpaired) electrons. The number of aliphatic carboxylic acids is 1. The van der Waals surface area contributed by atoms with Crippen LogP contribution in [0.3, 0.4) is 0 Å². The quantitative estimate of drug-likeness (QED) is 0.204. The second kappa shape index (κ2) is 12.1. The Morgan fingerprint density at radius 3 is 2.34 bits per heavy atom. The average Bonchev–Trinajstić information content (AvgIpc) is 2.82. The van der Waals surface area contributed by atoms with Gasteiger partial charge in [-0.2, -0.15) is 0 Å². The molecule has 0 saturated carbocycles. The number of carboxylic acids is 1. The fourth-order valence-electron chi connectivity index (χ4n) is 3.64. The van der Waals surface area contributed by atoms with Crippen LogP contribution < -0.4 is 45.3 Å². The van der Waals surface area contributed by atoms with Gasteiger partial charge in [0.2, 0.25) is 5.91 Å². The van der Waals surface area contributed by atoms with E-state index >= 15 is 0 Å². The number of likely N-dealkylation sites (N-methyl/N-ethyl adjacent to an activating group) is 1. The summed E-state index contributed by atoms with van der Waals surface area (Å²) in [6, 6.07) is 4.24. The van der Waals surface area contributed by atoms with Gasteiger partial charge in [-0.05, 0) is 19.4 Å². The molecule has 1 aromatic carbocycles. The Labute approximate surface area is 223 Å². The maximum Gasteiger partial charge on any atom is 1.00 e. The van der Waals surface area contributed by atoms with Gasteiger partial charge in [0, 0.05) is 19.6 Å². The topological polar surface area (TPSA) is 168 Å². The minimum absolute atomic E-state index is 0. The van der Waals surface area contributed by atoms with Crippen molar-refractivity contribution in [2.45, 2.75) is 32.0 Å². The van der Waals surface area contributed by atoms with E-state index in [1.165, 1.54) is 11.8 Å². The van der Waals surface area contributed by atoms with Crippen molar-refractivity contribution in [2.24, 2.45) is 0 Å². The van der Waals surface area contributed by atoms with Gasteiger partial charge in [0.05, 0.1) is 12.0 Å². The number of nitrogens with one attached hydrogen (secondary N) is 2. The van der Waals surface area contributed by atoms with Crippen LogP contribution in [0.15, 0.2) is 30.3 Å². The molecule has 0 aromatic heterocycles. The Morgan fingerprint density at radius 1 is 1.11 bits per heavy atom. The number of hydroxylamine groups is 2. The largest absolute Gasteiger partial charge is 1.00 e. The number of piperazine rings is 1. The summed E-state index contributed by atoms with van der Waals surface area (Å²) in [5.41, 5.74) is 0.379. The van der Waals surface area contributed by atoms with Crippen LogP contribution in [-0.2, 0) is 28.8 Å². The van der Waals surface area contributed by atoms with E-state index in [9.17, 15) is 33.9 Å². The summed E-state index contributed by atoms with van der Waals surface area (Å²) in [5, 5.41) is 16.3. The minimum atomic E-state index is -1.51. The van der Waals surface area contributed by atoms with Crippen molar-refractivity contribution in [3.63, 3.8) is 0 Å². The van der Waals surface area contributed by atoms with Crippen LogP contribution in [0, 0.1) is 0 Å². The molecular weight excluding hydrogens is 473 g/mol. The van der Waals surface area contributed by atoms with Crippen LogP contribution in [0.4, 0.5) is 4.79 Å². The Balaban J connectivity index is 0.00000432. The van der Waals surface area contributed by atoms with Gasteiger partial charge >= 0.3 is 47.4 Å². The Bertz CT molecular complexity index is 1010. The average molecular weight is 497 g/mol. The van der Waals surface area contributed by atoms with E-state index in [0.29, 0.717) is 12.1 Å². The molecule has 1 unspecified atom stereocenters.